The van der Waals surface area contributed by atoms with Crippen molar-refractivity contribution in [2.45, 2.75) is 51.4 Å². The van der Waals surface area contributed by atoms with Crippen LogP contribution in [0.3, 0.4) is 0 Å². The molecule has 0 spiro atoms. The van der Waals surface area contributed by atoms with Crippen LogP contribution in [0.5, 0.6) is 0 Å². The highest BCUT2D eigenvalue weighted by atomic mass is 32.2. The molecule has 0 aliphatic rings. The van der Waals surface area contributed by atoms with Crippen molar-refractivity contribution in [3.63, 3.8) is 0 Å². The molecule has 0 saturated heterocycles. The fourth-order valence-electron chi connectivity index (χ4n) is 2.45. The number of thioether (sulfide) groups is 1. The molecule has 4 heteroatoms. The van der Waals surface area contributed by atoms with Crippen molar-refractivity contribution in [3.8, 4) is 0 Å². The minimum Gasteiger partial charge on any atom is -0.328 e. The van der Waals surface area contributed by atoms with E-state index < -0.39 is 0 Å². The van der Waals surface area contributed by atoms with Gasteiger partial charge in [0.25, 0.3) is 0 Å². The highest BCUT2D eigenvalue weighted by Gasteiger charge is 2.18. The molecule has 1 N–H and O–H groups in total. The van der Waals surface area contributed by atoms with Crippen LogP contribution in [-0.2, 0) is 13.0 Å². The number of aromatic nitrogens is 2. The van der Waals surface area contributed by atoms with E-state index >= 15 is 0 Å². The van der Waals surface area contributed by atoms with Gasteiger partial charge in [-0.15, -0.1) is 0 Å². The second-order valence-corrected chi connectivity index (χ2v) is 8.22. The van der Waals surface area contributed by atoms with Gasteiger partial charge in [0.2, 0.25) is 0 Å². The van der Waals surface area contributed by atoms with Crippen LogP contribution in [0.1, 0.15) is 33.5 Å². The third-order valence-electron chi connectivity index (χ3n) is 3.60. The summed E-state index contributed by atoms with van der Waals surface area (Å²) in [6.45, 7) is 9.97. The summed E-state index contributed by atoms with van der Waals surface area (Å²) in [5.74, 6) is 2.29. The van der Waals surface area contributed by atoms with Crippen LogP contribution in [0.25, 0.3) is 11.0 Å². The van der Waals surface area contributed by atoms with Crippen LogP contribution in [-0.4, -0.2) is 33.1 Å². The second kappa shape index (κ2) is 6.84. The number of hydrogen-bond donors (Lipinski definition) is 1. The first-order chi connectivity index (χ1) is 9.94. The average molecular weight is 305 g/mol. The summed E-state index contributed by atoms with van der Waals surface area (Å²) >= 11 is 2.01. The Morgan fingerprint density at radius 2 is 2.00 bits per heavy atom. The SMILES string of the molecule is CCn1c(CC(CSC(C)(C)C)NC)nc2ccccc21. The van der Waals surface area contributed by atoms with Gasteiger partial charge in [-0.25, -0.2) is 4.98 Å². The Morgan fingerprint density at radius 1 is 1.29 bits per heavy atom. The molecule has 0 amide bonds. The Labute approximate surface area is 132 Å². The van der Waals surface area contributed by atoms with E-state index in [0.29, 0.717) is 10.8 Å². The average Bonchev–Trinajstić information content (AvgIpc) is 2.79. The molecular formula is C17H27N3S. The van der Waals surface area contributed by atoms with E-state index in [4.69, 9.17) is 4.98 Å². The molecule has 116 valence electrons. The zero-order valence-electron chi connectivity index (χ0n) is 13.8. The van der Waals surface area contributed by atoms with E-state index in [1.165, 1.54) is 11.3 Å². The lowest BCUT2D eigenvalue weighted by molar-refractivity contribution is 0.575. The van der Waals surface area contributed by atoms with Crippen LogP contribution in [0, 0.1) is 0 Å². The van der Waals surface area contributed by atoms with Crippen molar-refractivity contribution in [2.75, 3.05) is 12.8 Å². The molecular weight excluding hydrogens is 278 g/mol. The first-order valence-electron chi connectivity index (χ1n) is 7.70. The maximum atomic E-state index is 4.83. The Morgan fingerprint density at radius 3 is 2.62 bits per heavy atom. The number of rotatable bonds is 6. The Kier molecular flexibility index (Phi) is 5.33. The minimum atomic E-state index is 0.306. The standard InChI is InChI=1S/C17H27N3S/c1-6-20-15-10-8-7-9-14(15)19-16(20)11-13(18-5)12-21-17(2,3)4/h7-10,13,18H,6,11-12H2,1-5H3. The molecule has 0 saturated carbocycles. The monoisotopic (exact) mass is 305 g/mol. The van der Waals surface area contributed by atoms with Gasteiger partial charge in [-0.1, -0.05) is 32.9 Å². The lowest BCUT2D eigenvalue weighted by Gasteiger charge is -2.22. The largest absolute Gasteiger partial charge is 0.328 e. The number of imidazole rings is 1. The van der Waals surface area contributed by atoms with Crippen LogP contribution in [0.2, 0.25) is 0 Å². The van der Waals surface area contributed by atoms with E-state index in [2.05, 4.69) is 61.8 Å². The third-order valence-corrected chi connectivity index (χ3v) is 5.04. The summed E-state index contributed by atoms with van der Waals surface area (Å²) in [5.41, 5.74) is 2.35. The highest BCUT2D eigenvalue weighted by molar-refractivity contribution is 8.00. The number of likely N-dealkylation sites (N-methyl/N-ethyl adjacent to an activating group) is 1. The lowest BCUT2D eigenvalue weighted by Crippen LogP contribution is -2.32. The molecule has 0 aliphatic carbocycles. The van der Waals surface area contributed by atoms with Crippen LogP contribution < -0.4 is 5.32 Å². The van der Waals surface area contributed by atoms with Gasteiger partial charge < -0.3 is 9.88 Å². The maximum Gasteiger partial charge on any atom is 0.111 e. The number of benzene rings is 1. The highest BCUT2D eigenvalue weighted by Crippen LogP contribution is 2.25. The topological polar surface area (TPSA) is 29.9 Å². The number of aryl methyl sites for hydroxylation is 1. The summed E-state index contributed by atoms with van der Waals surface area (Å²) in [6, 6.07) is 8.86. The molecule has 1 aromatic carbocycles. The molecule has 2 aromatic rings. The van der Waals surface area contributed by atoms with Gasteiger partial charge in [0.05, 0.1) is 11.0 Å². The minimum absolute atomic E-state index is 0.306. The van der Waals surface area contributed by atoms with E-state index in [-0.39, 0.29) is 0 Å². The predicted molar refractivity (Wildman–Crippen MR) is 94.2 cm³/mol. The number of nitrogens with one attached hydrogen (secondary N) is 1. The van der Waals surface area contributed by atoms with Gasteiger partial charge in [0, 0.05) is 29.5 Å². The van der Waals surface area contributed by atoms with Crippen molar-refractivity contribution >= 4 is 22.8 Å². The van der Waals surface area contributed by atoms with Gasteiger partial charge in [-0.05, 0) is 26.1 Å². The number of hydrogen-bond acceptors (Lipinski definition) is 3. The number of para-hydroxylation sites is 2. The zero-order valence-corrected chi connectivity index (χ0v) is 14.6. The summed E-state index contributed by atoms with van der Waals surface area (Å²) in [5, 5.41) is 3.44. The molecule has 0 aliphatic heterocycles. The van der Waals surface area contributed by atoms with Gasteiger partial charge in [-0.3, -0.25) is 0 Å². The molecule has 2 rings (SSSR count). The van der Waals surface area contributed by atoms with Crippen molar-refractivity contribution in [3.05, 3.63) is 30.1 Å². The lowest BCUT2D eigenvalue weighted by atomic mass is 10.2. The van der Waals surface area contributed by atoms with Crippen LogP contribution in [0.4, 0.5) is 0 Å². The third kappa shape index (κ3) is 4.24. The fourth-order valence-corrected chi connectivity index (χ4v) is 3.44. The van der Waals surface area contributed by atoms with Gasteiger partial charge >= 0.3 is 0 Å². The number of fused-ring (bicyclic) bond motifs is 1. The Bertz CT molecular complexity index is 583. The van der Waals surface area contributed by atoms with Crippen LogP contribution >= 0.6 is 11.8 Å². The molecule has 21 heavy (non-hydrogen) atoms. The van der Waals surface area contributed by atoms with Crippen LogP contribution in [0.15, 0.2) is 24.3 Å². The summed E-state index contributed by atoms with van der Waals surface area (Å²) in [4.78, 5) is 4.83. The normalized spacial score (nSPS) is 13.8. The van der Waals surface area contributed by atoms with Gasteiger partial charge in [-0.2, -0.15) is 11.8 Å². The Hall–Kier alpha value is -1.00. The second-order valence-electron chi connectivity index (χ2n) is 6.37. The molecule has 1 aromatic heterocycles. The van der Waals surface area contributed by atoms with E-state index in [9.17, 15) is 0 Å². The molecule has 1 unspecified atom stereocenters. The number of nitrogens with zero attached hydrogens (tertiary/aromatic N) is 2. The summed E-state index contributed by atoms with van der Waals surface area (Å²) in [6.07, 6.45) is 0.974. The molecule has 1 atom stereocenters. The molecule has 0 radical (unpaired) electrons. The van der Waals surface area contributed by atoms with Crippen molar-refractivity contribution < 1.29 is 0 Å². The first-order valence-corrected chi connectivity index (χ1v) is 8.68. The zero-order chi connectivity index (χ0) is 15.5. The molecule has 1 heterocycles. The quantitative estimate of drug-likeness (QED) is 0.882. The van der Waals surface area contributed by atoms with Gasteiger partial charge in [0.1, 0.15) is 5.82 Å². The predicted octanol–water partition coefficient (Wildman–Crippen LogP) is 3.72. The molecule has 3 nitrogen and oxygen atoms in total. The summed E-state index contributed by atoms with van der Waals surface area (Å²) < 4.78 is 2.64. The first kappa shape index (κ1) is 16.4. The smallest absolute Gasteiger partial charge is 0.111 e. The molecule has 0 bridgehead atoms. The van der Waals surface area contributed by atoms with Crippen molar-refractivity contribution in [1.82, 2.24) is 14.9 Å². The van der Waals surface area contributed by atoms with E-state index in [1.807, 2.05) is 18.8 Å². The van der Waals surface area contributed by atoms with E-state index in [1.54, 1.807) is 0 Å². The van der Waals surface area contributed by atoms with E-state index in [0.717, 1.165) is 24.2 Å². The Balaban J connectivity index is 2.17. The molecule has 0 fully saturated rings. The summed E-state index contributed by atoms with van der Waals surface area (Å²) in [7, 11) is 2.05. The van der Waals surface area contributed by atoms with Gasteiger partial charge in [0.15, 0.2) is 0 Å². The van der Waals surface area contributed by atoms with Crippen molar-refractivity contribution in [2.24, 2.45) is 0 Å². The fraction of sp³-hybridized carbons (Fsp3) is 0.588. The van der Waals surface area contributed by atoms with Crippen molar-refractivity contribution in [1.29, 1.82) is 0 Å². The maximum absolute atomic E-state index is 4.83.